The summed E-state index contributed by atoms with van der Waals surface area (Å²) >= 11 is 1.62. The Hall–Kier alpha value is -2.74. The molecule has 8 heteroatoms. The highest BCUT2D eigenvalue weighted by Crippen LogP contribution is 2.23. The summed E-state index contributed by atoms with van der Waals surface area (Å²) in [5.74, 6) is 2.94. The van der Waals surface area contributed by atoms with Crippen LogP contribution < -0.4 is 5.32 Å². The molecule has 4 heterocycles. The molecule has 0 saturated carbocycles. The van der Waals surface area contributed by atoms with Gasteiger partial charge in [-0.3, -0.25) is 0 Å². The van der Waals surface area contributed by atoms with Crippen LogP contribution in [0.15, 0.2) is 39.6 Å². The molecule has 0 saturated heterocycles. The monoisotopic (exact) mass is 354 g/mol. The summed E-state index contributed by atoms with van der Waals surface area (Å²) in [5.41, 5.74) is 1.66. The molecule has 0 bridgehead atoms. The van der Waals surface area contributed by atoms with E-state index >= 15 is 0 Å². The smallest absolute Gasteiger partial charge is 0.213 e. The van der Waals surface area contributed by atoms with E-state index in [4.69, 9.17) is 4.42 Å². The number of hydrogen-bond acceptors (Lipinski definition) is 7. The van der Waals surface area contributed by atoms with Crippen LogP contribution in [0.3, 0.4) is 0 Å². The van der Waals surface area contributed by atoms with E-state index in [1.807, 2.05) is 29.0 Å². The summed E-state index contributed by atoms with van der Waals surface area (Å²) in [6.07, 6.45) is 1.78. The molecular weight excluding hydrogens is 336 g/mol. The van der Waals surface area contributed by atoms with Crippen molar-refractivity contribution in [2.24, 2.45) is 0 Å². The molecule has 0 aliphatic carbocycles. The zero-order valence-electron chi connectivity index (χ0n) is 14.2. The van der Waals surface area contributed by atoms with Crippen LogP contribution in [-0.2, 0) is 12.0 Å². The third kappa shape index (κ3) is 3.12. The number of thiophene rings is 1. The lowest BCUT2D eigenvalue weighted by Gasteiger charge is -2.13. The van der Waals surface area contributed by atoms with Crippen molar-refractivity contribution in [2.45, 2.75) is 32.7 Å². The number of nitrogens with one attached hydrogen (secondary N) is 1. The maximum atomic E-state index is 5.79. The number of anilines is 1. The molecule has 25 heavy (non-hydrogen) atoms. The van der Waals surface area contributed by atoms with Crippen LogP contribution in [0, 0.1) is 0 Å². The second-order valence-corrected chi connectivity index (χ2v) is 7.53. The highest BCUT2D eigenvalue weighted by atomic mass is 32.1. The summed E-state index contributed by atoms with van der Waals surface area (Å²) < 4.78 is 7.53. The molecule has 1 N–H and O–H groups in total. The molecule has 0 aromatic carbocycles. The Morgan fingerprint density at radius 2 is 2.08 bits per heavy atom. The fourth-order valence-electron chi connectivity index (χ4n) is 2.36. The van der Waals surface area contributed by atoms with E-state index in [9.17, 15) is 0 Å². The highest BCUT2D eigenvalue weighted by molar-refractivity contribution is 7.08. The van der Waals surface area contributed by atoms with Crippen molar-refractivity contribution in [3.63, 3.8) is 0 Å². The van der Waals surface area contributed by atoms with Crippen molar-refractivity contribution >= 4 is 22.8 Å². The van der Waals surface area contributed by atoms with E-state index in [0.717, 1.165) is 17.1 Å². The number of aromatic nitrogens is 5. The summed E-state index contributed by atoms with van der Waals surface area (Å²) in [4.78, 5) is 4.32. The van der Waals surface area contributed by atoms with Gasteiger partial charge in [0.2, 0.25) is 5.89 Å². The van der Waals surface area contributed by atoms with Gasteiger partial charge in [-0.05, 0) is 23.6 Å². The summed E-state index contributed by atoms with van der Waals surface area (Å²) in [7, 11) is 0. The van der Waals surface area contributed by atoms with Crippen LogP contribution in [0.2, 0.25) is 0 Å². The first kappa shape index (κ1) is 15.8. The quantitative estimate of drug-likeness (QED) is 0.601. The van der Waals surface area contributed by atoms with Gasteiger partial charge in [0.15, 0.2) is 11.5 Å². The summed E-state index contributed by atoms with van der Waals surface area (Å²) in [6, 6.07) is 5.76. The minimum atomic E-state index is -0.0552. The highest BCUT2D eigenvalue weighted by Gasteiger charge is 2.19. The first-order chi connectivity index (χ1) is 12.0. The Morgan fingerprint density at radius 1 is 1.20 bits per heavy atom. The lowest BCUT2D eigenvalue weighted by Crippen LogP contribution is -2.09. The zero-order valence-corrected chi connectivity index (χ0v) is 15.0. The Kier molecular flexibility index (Phi) is 3.76. The lowest BCUT2D eigenvalue weighted by molar-refractivity contribution is 0.385. The van der Waals surface area contributed by atoms with E-state index in [-0.39, 0.29) is 5.41 Å². The number of oxazole rings is 1. The minimum Gasteiger partial charge on any atom is -0.443 e. The Bertz CT molecular complexity index is 996. The Morgan fingerprint density at radius 3 is 2.80 bits per heavy atom. The van der Waals surface area contributed by atoms with E-state index in [0.29, 0.717) is 23.9 Å². The van der Waals surface area contributed by atoms with E-state index in [1.54, 1.807) is 22.0 Å². The molecule has 128 valence electrons. The molecule has 4 aromatic rings. The SMILES string of the molecule is CC(C)(C)c1cnc(CNc2ccc3nnc(-c4ccsc4)n3n2)o1. The van der Waals surface area contributed by atoms with Gasteiger partial charge in [-0.25, -0.2) is 4.98 Å². The fourth-order valence-corrected chi connectivity index (χ4v) is 2.99. The van der Waals surface area contributed by atoms with Crippen molar-refractivity contribution in [3.05, 3.63) is 46.8 Å². The molecule has 0 radical (unpaired) electrons. The largest absolute Gasteiger partial charge is 0.443 e. The predicted molar refractivity (Wildman–Crippen MR) is 96.6 cm³/mol. The van der Waals surface area contributed by atoms with Crippen molar-refractivity contribution in [1.82, 2.24) is 24.8 Å². The van der Waals surface area contributed by atoms with Crippen molar-refractivity contribution < 1.29 is 4.42 Å². The Balaban J connectivity index is 1.56. The molecule has 0 spiro atoms. The van der Waals surface area contributed by atoms with Gasteiger partial charge < -0.3 is 9.73 Å². The van der Waals surface area contributed by atoms with Crippen LogP contribution in [0.1, 0.15) is 32.4 Å². The van der Waals surface area contributed by atoms with E-state index < -0.39 is 0 Å². The van der Waals surface area contributed by atoms with E-state index in [1.165, 1.54) is 0 Å². The molecule has 0 atom stereocenters. The van der Waals surface area contributed by atoms with Crippen LogP contribution in [-0.4, -0.2) is 24.8 Å². The maximum Gasteiger partial charge on any atom is 0.213 e. The third-order valence-electron chi connectivity index (χ3n) is 3.76. The van der Waals surface area contributed by atoms with Gasteiger partial charge in [0.1, 0.15) is 11.6 Å². The second kappa shape index (κ2) is 5.96. The Labute approximate surface area is 148 Å². The predicted octanol–water partition coefficient (Wildman–Crippen LogP) is 3.75. The number of nitrogens with zero attached hydrogens (tertiary/aromatic N) is 5. The van der Waals surface area contributed by atoms with Gasteiger partial charge in [-0.1, -0.05) is 20.8 Å². The number of fused-ring (bicyclic) bond motifs is 1. The minimum absolute atomic E-state index is 0.0552. The maximum absolute atomic E-state index is 5.79. The van der Waals surface area contributed by atoms with Crippen molar-refractivity contribution in [2.75, 3.05) is 5.32 Å². The third-order valence-corrected chi connectivity index (χ3v) is 4.44. The van der Waals surface area contributed by atoms with E-state index in [2.05, 4.69) is 46.4 Å². The van der Waals surface area contributed by atoms with Crippen LogP contribution in [0.4, 0.5) is 5.82 Å². The standard InChI is InChI=1S/C17H18N6OS/c1-17(2,3)12-8-19-15(24-12)9-18-13-4-5-14-20-21-16(23(14)22-13)11-6-7-25-10-11/h4-8,10H,9H2,1-3H3,(H,18,22). The van der Waals surface area contributed by atoms with Crippen molar-refractivity contribution in [1.29, 1.82) is 0 Å². The zero-order chi connectivity index (χ0) is 17.4. The van der Waals surface area contributed by atoms with Gasteiger partial charge in [-0.15, -0.1) is 15.3 Å². The lowest BCUT2D eigenvalue weighted by atomic mass is 9.94. The van der Waals surface area contributed by atoms with Gasteiger partial charge in [-0.2, -0.15) is 15.9 Å². The number of rotatable bonds is 4. The first-order valence-corrected chi connectivity index (χ1v) is 8.89. The molecule has 0 amide bonds. The van der Waals surface area contributed by atoms with Crippen LogP contribution in [0.25, 0.3) is 17.0 Å². The second-order valence-electron chi connectivity index (χ2n) is 6.75. The average Bonchev–Trinajstić information content (AvgIpc) is 3.31. The molecule has 0 fully saturated rings. The molecular formula is C17H18N6OS. The topological polar surface area (TPSA) is 81.1 Å². The van der Waals surface area contributed by atoms with Gasteiger partial charge in [0, 0.05) is 16.4 Å². The van der Waals surface area contributed by atoms with Crippen LogP contribution >= 0.6 is 11.3 Å². The van der Waals surface area contributed by atoms with Crippen molar-refractivity contribution in [3.8, 4) is 11.4 Å². The number of hydrogen-bond donors (Lipinski definition) is 1. The molecule has 0 aliphatic heterocycles. The fraction of sp³-hybridized carbons (Fsp3) is 0.294. The van der Waals surface area contributed by atoms with Gasteiger partial charge in [0.25, 0.3) is 0 Å². The first-order valence-electron chi connectivity index (χ1n) is 7.95. The molecule has 7 nitrogen and oxygen atoms in total. The average molecular weight is 354 g/mol. The summed E-state index contributed by atoms with van der Waals surface area (Å²) in [5, 5.41) is 20.2. The normalized spacial score (nSPS) is 12.0. The summed E-state index contributed by atoms with van der Waals surface area (Å²) in [6.45, 7) is 6.75. The molecule has 0 unspecified atom stereocenters. The van der Waals surface area contributed by atoms with Gasteiger partial charge >= 0.3 is 0 Å². The molecule has 0 aliphatic rings. The molecule has 4 aromatic heterocycles. The van der Waals surface area contributed by atoms with Crippen LogP contribution in [0.5, 0.6) is 0 Å². The van der Waals surface area contributed by atoms with Gasteiger partial charge in [0.05, 0.1) is 12.7 Å². The molecule has 4 rings (SSSR count).